The normalized spacial score (nSPS) is 17.4. The number of aromatic hydroxyl groups is 1. The van der Waals surface area contributed by atoms with Crippen LogP contribution < -0.4 is 5.30 Å². The fourth-order valence-electron chi connectivity index (χ4n) is 5.52. The lowest BCUT2D eigenvalue weighted by Gasteiger charge is -2.36. The van der Waals surface area contributed by atoms with Crippen molar-refractivity contribution in [1.29, 1.82) is 0 Å². The lowest BCUT2D eigenvalue weighted by molar-refractivity contribution is 0.221. The lowest BCUT2D eigenvalue weighted by atomic mass is 9.77. The van der Waals surface area contributed by atoms with Crippen LogP contribution in [0.25, 0.3) is 0 Å². The molecule has 2 aromatic rings. The Hall–Kier alpha value is -1.44. The first kappa shape index (κ1) is 30.1. The van der Waals surface area contributed by atoms with Crippen LogP contribution in [0.5, 0.6) is 5.75 Å². The molecule has 3 rings (SSSR count). The highest BCUT2D eigenvalue weighted by atomic mass is 31.1. The average Bonchev–Trinajstić information content (AvgIpc) is 2.80. The Kier molecular flexibility index (Phi) is 9.90. The fraction of sp³-hybridized carbons (Fsp3) is 0.636. The van der Waals surface area contributed by atoms with Gasteiger partial charge in [0.2, 0.25) is 0 Å². The van der Waals surface area contributed by atoms with E-state index in [-0.39, 0.29) is 21.8 Å². The van der Waals surface area contributed by atoms with Crippen molar-refractivity contribution in [3.63, 3.8) is 0 Å². The molecule has 4 heteroatoms. The molecule has 1 heterocycles. The summed E-state index contributed by atoms with van der Waals surface area (Å²) in [4.78, 5) is 2.48. The highest BCUT2D eigenvalue weighted by molar-refractivity contribution is 7.48. The van der Waals surface area contributed by atoms with Gasteiger partial charge in [0.1, 0.15) is 11.6 Å². The molecule has 2 atom stereocenters. The van der Waals surface area contributed by atoms with Crippen molar-refractivity contribution >= 4 is 13.9 Å². The molecule has 0 spiro atoms. The van der Waals surface area contributed by atoms with Crippen molar-refractivity contribution in [2.75, 3.05) is 13.1 Å². The Morgan fingerprint density at radius 1 is 0.865 bits per heavy atom. The molecule has 1 N–H and O–H groups in total. The molecule has 1 aliphatic heterocycles. The van der Waals surface area contributed by atoms with E-state index in [0.29, 0.717) is 14.3 Å². The number of unbranched alkanes of at least 4 members (excludes halogenated alkanes) is 2. The summed E-state index contributed by atoms with van der Waals surface area (Å²) in [7, 11) is 0.456. The van der Waals surface area contributed by atoms with E-state index < -0.39 is 0 Å². The first-order valence-corrected chi connectivity index (χ1v) is 15.4. The second kappa shape index (κ2) is 12.2. The number of benzene rings is 2. The molecule has 0 aliphatic carbocycles. The maximum absolute atomic E-state index is 14.5. The van der Waals surface area contributed by atoms with Gasteiger partial charge in [0.25, 0.3) is 0 Å². The average molecular weight is 528 g/mol. The Morgan fingerprint density at radius 3 is 2.11 bits per heavy atom. The van der Waals surface area contributed by atoms with Gasteiger partial charge >= 0.3 is 0 Å². The molecule has 0 amide bonds. The molecular weight excluding hydrogens is 476 g/mol. The summed E-state index contributed by atoms with van der Waals surface area (Å²) in [6, 6.07) is 9.89. The van der Waals surface area contributed by atoms with Crippen molar-refractivity contribution in [2.24, 2.45) is 0 Å². The standard InChI is InChI=1S/C33H51FNOP/c1-9-10-12-17-33(8,28-22-25(31(2,3)4)21-27(30(28)36)32(5,6)7)37-29-16-15-26(34)20-24(29)23-35-18-13-11-14-19-35/h15-16,20-22,36-37H,9-14,17-19,23H2,1-8H3. The van der Waals surface area contributed by atoms with Gasteiger partial charge in [0.15, 0.2) is 0 Å². The van der Waals surface area contributed by atoms with E-state index in [0.717, 1.165) is 55.6 Å². The topological polar surface area (TPSA) is 23.5 Å². The Balaban J connectivity index is 2.12. The second-order valence-electron chi connectivity index (χ2n) is 13.5. The quantitative estimate of drug-likeness (QED) is 0.260. The van der Waals surface area contributed by atoms with E-state index in [1.807, 2.05) is 6.07 Å². The minimum atomic E-state index is -0.227. The fourth-order valence-corrected chi connectivity index (χ4v) is 7.22. The van der Waals surface area contributed by atoms with Crippen molar-refractivity contribution in [1.82, 2.24) is 4.90 Å². The number of hydrogen-bond acceptors (Lipinski definition) is 2. The molecule has 1 saturated heterocycles. The zero-order chi connectivity index (χ0) is 27.4. The number of rotatable bonds is 9. The van der Waals surface area contributed by atoms with Crippen LogP contribution in [-0.4, -0.2) is 23.1 Å². The Labute approximate surface area is 228 Å². The predicted molar refractivity (Wildman–Crippen MR) is 160 cm³/mol. The van der Waals surface area contributed by atoms with Gasteiger partial charge < -0.3 is 5.11 Å². The highest BCUT2D eigenvalue weighted by Crippen LogP contribution is 2.52. The number of piperidine rings is 1. The molecule has 2 unspecified atom stereocenters. The summed E-state index contributed by atoms with van der Waals surface area (Å²) >= 11 is 0. The smallest absolute Gasteiger partial charge is 0.123 e. The van der Waals surface area contributed by atoms with Gasteiger partial charge in [0, 0.05) is 17.3 Å². The molecule has 1 fully saturated rings. The summed E-state index contributed by atoms with van der Waals surface area (Å²) < 4.78 is 14.5. The third-order valence-corrected chi connectivity index (χ3v) is 9.81. The van der Waals surface area contributed by atoms with Crippen LogP contribution in [0, 0.1) is 5.82 Å². The number of hydrogen-bond donors (Lipinski definition) is 1. The Bertz CT molecular complexity index is 1050. The van der Waals surface area contributed by atoms with Gasteiger partial charge in [-0.05, 0) is 77.3 Å². The lowest BCUT2D eigenvalue weighted by Crippen LogP contribution is -2.31. The molecule has 0 radical (unpaired) electrons. The van der Waals surface area contributed by atoms with E-state index in [1.54, 1.807) is 12.1 Å². The summed E-state index contributed by atoms with van der Waals surface area (Å²) in [5.41, 5.74) is 4.28. The van der Waals surface area contributed by atoms with Crippen LogP contribution in [0.2, 0.25) is 0 Å². The first-order chi connectivity index (χ1) is 17.2. The SMILES string of the molecule is CCCCCC(C)(Pc1ccc(F)cc1CN1CCCCC1)c1cc(C(C)(C)C)cc(C(C)(C)C)c1O. The zero-order valence-corrected chi connectivity index (χ0v) is 25.7. The van der Waals surface area contributed by atoms with Gasteiger partial charge in [0.05, 0.1) is 0 Å². The molecule has 37 heavy (non-hydrogen) atoms. The molecular formula is C33H51FNOP. The van der Waals surface area contributed by atoms with Gasteiger partial charge in [-0.1, -0.05) is 108 Å². The van der Waals surface area contributed by atoms with Crippen molar-refractivity contribution in [3.05, 3.63) is 58.4 Å². The van der Waals surface area contributed by atoms with Crippen LogP contribution in [0.1, 0.15) is 123 Å². The van der Waals surface area contributed by atoms with Crippen LogP contribution in [0.3, 0.4) is 0 Å². The minimum absolute atomic E-state index is 0.0226. The molecule has 0 saturated carbocycles. The van der Waals surface area contributed by atoms with Crippen molar-refractivity contribution in [2.45, 2.75) is 123 Å². The largest absolute Gasteiger partial charge is 0.507 e. The van der Waals surface area contributed by atoms with E-state index in [1.165, 1.54) is 36.6 Å². The zero-order valence-electron chi connectivity index (χ0n) is 24.7. The first-order valence-electron chi connectivity index (χ1n) is 14.4. The maximum Gasteiger partial charge on any atom is 0.123 e. The number of phenolic OH excluding ortho intramolecular Hbond substituents is 1. The van der Waals surface area contributed by atoms with E-state index >= 15 is 0 Å². The maximum atomic E-state index is 14.5. The summed E-state index contributed by atoms with van der Waals surface area (Å²) in [5.74, 6) is 0.299. The van der Waals surface area contributed by atoms with Crippen LogP contribution in [0.15, 0.2) is 30.3 Å². The van der Waals surface area contributed by atoms with Crippen LogP contribution in [0.4, 0.5) is 4.39 Å². The van der Waals surface area contributed by atoms with Crippen LogP contribution in [-0.2, 0) is 22.5 Å². The highest BCUT2D eigenvalue weighted by Gasteiger charge is 2.35. The molecule has 1 aliphatic rings. The van der Waals surface area contributed by atoms with Crippen molar-refractivity contribution < 1.29 is 9.50 Å². The summed E-state index contributed by atoms with van der Waals surface area (Å²) in [6.45, 7) is 20.9. The number of halogens is 1. The molecule has 206 valence electrons. The molecule has 2 nitrogen and oxygen atoms in total. The van der Waals surface area contributed by atoms with Crippen LogP contribution >= 0.6 is 8.58 Å². The summed E-state index contributed by atoms with van der Waals surface area (Å²) in [5, 5.41) is 12.8. The van der Waals surface area contributed by atoms with E-state index in [2.05, 4.69) is 72.4 Å². The third kappa shape index (κ3) is 7.79. The number of phenols is 1. The van der Waals surface area contributed by atoms with Gasteiger partial charge in [-0.2, -0.15) is 0 Å². The second-order valence-corrected chi connectivity index (χ2v) is 15.4. The Morgan fingerprint density at radius 2 is 1.51 bits per heavy atom. The monoisotopic (exact) mass is 527 g/mol. The number of likely N-dealkylation sites (tertiary alicyclic amines) is 1. The van der Waals surface area contributed by atoms with Gasteiger partial charge in [-0.15, -0.1) is 0 Å². The van der Waals surface area contributed by atoms with Gasteiger partial charge in [-0.3, -0.25) is 4.90 Å². The summed E-state index contributed by atoms with van der Waals surface area (Å²) in [6.07, 6.45) is 8.21. The minimum Gasteiger partial charge on any atom is -0.507 e. The molecule has 2 aromatic carbocycles. The number of nitrogens with zero attached hydrogens (tertiary/aromatic N) is 1. The van der Waals surface area contributed by atoms with E-state index in [4.69, 9.17) is 0 Å². The third-order valence-electron chi connectivity index (χ3n) is 7.98. The predicted octanol–water partition coefficient (Wildman–Crippen LogP) is 8.91. The van der Waals surface area contributed by atoms with Gasteiger partial charge in [-0.25, -0.2) is 4.39 Å². The molecule has 0 aromatic heterocycles. The van der Waals surface area contributed by atoms with Crippen molar-refractivity contribution in [3.8, 4) is 5.75 Å². The molecule has 0 bridgehead atoms. The van der Waals surface area contributed by atoms with E-state index in [9.17, 15) is 9.50 Å².